The predicted octanol–water partition coefficient (Wildman–Crippen LogP) is 1.57. The minimum atomic E-state index is -0.138. The molecule has 0 aliphatic carbocycles. The van der Waals surface area contributed by atoms with E-state index in [0.717, 1.165) is 11.5 Å². The van der Waals surface area contributed by atoms with E-state index in [1.807, 2.05) is 6.92 Å². The fraction of sp³-hybridized carbons (Fsp3) is 0.636. The highest BCUT2D eigenvalue weighted by atomic mass is 15.1. The SMILES string of the molecule is Cc1nccnc1NC(C)(CN)C(C)C. The third kappa shape index (κ3) is 2.65. The number of aryl methyl sites for hydroxylation is 1. The first kappa shape index (κ1) is 11.9. The molecule has 0 spiro atoms. The quantitative estimate of drug-likeness (QED) is 0.788. The summed E-state index contributed by atoms with van der Waals surface area (Å²) in [4.78, 5) is 8.46. The Kier molecular flexibility index (Phi) is 3.63. The van der Waals surface area contributed by atoms with E-state index >= 15 is 0 Å². The molecule has 0 bridgehead atoms. The van der Waals surface area contributed by atoms with Crippen molar-refractivity contribution in [1.82, 2.24) is 9.97 Å². The van der Waals surface area contributed by atoms with Crippen LogP contribution in [0.4, 0.5) is 5.82 Å². The van der Waals surface area contributed by atoms with Gasteiger partial charge in [0.15, 0.2) is 0 Å². The summed E-state index contributed by atoms with van der Waals surface area (Å²) in [6.07, 6.45) is 3.38. The lowest BCUT2D eigenvalue weighted by Crippen LogP contribution is -2.47. The van der Waals surface area contributed by atoms with E-state index in [1.54, 1.807) is 12.4 Å². The number of anilines is 1. The van der Waals surface area contributed by atoms with E-state index in [2.05, 4.69) is 36.1 Å². The third-order valence-corrected chi connectivity index (χ3v) is 2.98. The number of aromatic nitrogens is 2. The molecule has 1 aromatic rings. The molecule has 0 fully saturated rings. The number of hydrogen-bond acceptors (Lipinski definition) is 4. The fourth-order valence-electron chi connectivity index (χ4n) is 1.23. The van der Waals surface area contributed by atoms with E-state index < -0.39 is 0 Å². The predicted molar refractivity (Wildman–Crippen MR) is 62.7 cm³/mol. The molecular weight excluding hydrogens is 188 g/mol. The summed E-state index contributed by atoms with van der Waals surface area (Å²) < 4.78 is 0. The van der Waals surface area contributed by atoms with Crippen molar-refractivity contribution in [1.29, 1.82) is 0 Å². The zero-order chi connectivity index (χ0) is 11.5. The van der Waals surface area contributed by atoms with Crippen LogP contribution in [-0.4, -0.2) is 22.1 Å². The Morgan fingerprint density at radius 3 is 2.47 bits per heavy atom. The Hall–Kier alpha value is -1.16. The van der Waals surface area contributed by atoms with Crippen molar-refractivity contribution in [2.24, 2.45) is 11.7 Å². The summed E-state index contributed by atoms with van der Waals surface area (Å²) in [7, 11) is 0. The van der Waals surface area contributed by atoms with Crippen LogP contribution in [0.5, 0.6) is 0 Å². The Bertz CT molecular complexity index is 324. The molecule has 4 nitrogen and oxygen atoms in total. The van der Waals surface area contributed by atoms with Crippen LogP contribution < -0.4 is 11.1 Å². The monoisotopic (exact) mass is 208 g/mol. The van der Waals surface area contributed by atoms with Crippen molar-refractivity contribution < 1.29 is 0 Å². The highest BCUT2D eigenvalue weighted by molar-refractivity contribution is 5.41. The average molecular weight is 208 g/mol. The summed E-state index contributed by atoms with van der Waals surface area (Å²) in [5, 5.41) is 3.37. The van der Waals surface area contributed by atoms with Gasteiger partial charge in [0.25, 0.3) is 0 Å². The molecule has 0 aliphatic heterocycles. The first-order chi connectivity index (χ1) is 6.99. The number of nitrogens with zero attached hydrogens (tertiary/aromatic N) is 2. The lowest BCUT2D eigenvalue weighted by molar-refractivity contribution is 0.381. The van der Waals surface area contributed by atoms with E-state index in [9.17, 15) is 0 Å². The molecule has 3 N–H and O–H groups in total. The lowest BCUT2D eigenvalue weighted by atomic mass is 9.88. The van der Waals surface area contributed by atoms with E-state index in [1.165, 1.54) is 0 Å². The maximum absolute atomic E-state index is 5.80. The first-order valence-electron chi connectivity index (χ1n) is 5.25. The second-order valence-corrected chi connectivity index (χ2v) is 4.39. The molecule has 15 heavy (non-hydrogen) atoms. The zero-order valence-corrected chi connectivity index (χ0v) is 9.91. The van der Waals surface area contributed by atoms with Gasteiger partial charge in [0.1, 0.15) is 5.82 Å². The number of nitrogens with one attached hydrogen (secondary N) is 1. The average Bonchev–Trinajstić information content (AvgIpc) is 2.21. The summed E-state index contributed by atoms with van der Waals surface area (Å²) >= 11 is 0. The van der Waals surface area contributed by atoms with Crippen molar-refractivity contribution >= 4 is 5.82 Å². The molecule has 0 aromatic carbocycles. The van der Waals surface area contributed by atoms with Gasteiger partial charge in [-0.05, 0) is 19.8 Å². The van der Waals surface area contributed by atoms with Gasteiger partial charge in [-0.25, -0.2) is 4.98 Å². The largest absolute Gasteiger partial charge is 0.362 e. The van der Waals surface area contributed by atoms with Crippen LogP contribution in [0.1, 0.15) is 26.5 Å². The highest BCUT2D eigenvalue weighted by Gasteiger charge is 2.27. The topological polar surface area (TPSA) is 63.8 Å². The van der Waals surface area contributed by atoms with Crippen LogP contribution >= 0.6 is 0 Å². The van der Waals surface area contributed by atoms with Crippen LogP contribution in [0.25, 0.3) is 0 Å². The van der Waals surface area contributed by atoms with E-state index in [4.69, 9.17) is 5.73 Å². The van der Waals surface area contributed by atoms with Crippen molar-refractivity contribution in [3.8, 4) is 0 Å². The molecule has 0 aliphatic rings. The van der Waals surface area contributed by atoms with Gasteiger partial charge in [0.05, 0.1) is 11.2 Å². The molecule has 1 atom stereocenters. The van der Waals surface area contributed by atoms with Gasteiger partial charge in [-0.3, -0.25) is 4.98 Å². The van der Waals surface area contributed by atoms with E-state index in [0.29, 0.717) is 12.5 Å². The number of nitrogens with two attached hydrogens (primary N) is 1. The molecule has 0 amide bonds. The second kappa shape index (κ2) is 4.57. The van der Waals surface area contributed by atoms with Gasteiger partial charge in [0, 0.05) is 18.9 Å². The van der Waals surface area contributed by atoms with Gasteiger partial charge in [-0.15, -0.1) is 0 Å². The fourth-order valence-corrected chi connectivity index (χ4v) is 1.23. The maximum atomic E-state index is 5.80. The van der Waals surface area contributed by atoms with Gasteiger partial charge in [-0.2, -0.15) is 0 Å². The summed E-state index contributed by atoms with van der Waals surface area (Å²) in [6, 6.07) is 0. The minimum absolute atomic E-state index is 0.138. The van der Waals surface area contributed by atoms with Crippen molar-refractivity contribution in [2.45, 2.75) is 33.2 Å². The maximum Gasteiger partial charge on any atom is 0.147 e. The zero-order valence-electron chi connectivity index (χ0n) is 9.91. The van der Waals surface area contributed by atoms with Crippen LogP contribution in [0, 0.1) is 12.8 Å². The summed E-state index contributed by atoms with van der Waals surface area (Å²) in [5.74, 6) is 1.25. The van der Waals surface area contributed by atoms with Gasteiger partial charge in [-0.1, -0.05) is 13.8 Å². The molecule has 1 rings (SSSR count). The molecule has 1 aromatic heterocycles. The first-order valence-corrected chi connectivity index (χ1v) is 5.25. The summed E-state index contributed by atoms with van der Waals surface area (Å²) in [5.41, 5.74) is 6.56. The molecule has 1 unspecified atom stereocenters. The van der Waals surface area contributed by atoms with Crippen molar-refractivity contribution in [3.63, 3.8) is 0 Å². The van der Waals surface area contributed by atoms with Crippen molar-refractivity contribution in [3.05, 3.63) is 18.1 Å². The lowest BCUT2D eigenvalue weighted by Gasteiger charge is -2.34. The Morgan fingerprint density at radius 2 is 2.00 bits per heavy atom. The van der Waals surface area contributed by atoms with Crippen LogP contribution in [0.15, 0.2) is 12.4 Å². The Morgan fingerprint density at radius 1 is 1.40 bits per heavy atom. The normalized spacial score (nSPS) is 15.1. The van der Waals surface area contributed by atoms with Gasteiger partial charge in [0.2, 0.25) is 0 Å². The Balaban J connectivity index is 2.89. The van der Waals surface area contributed by atoms with Gasteiger partial charge >= 0.3 is 0 Å². The smallest absolute Gasteiger partial charge is 0.147 e. The van der Waals surface area contributed by atoms with Crippen LogP contribution in [-0.2, 0) is 0 Å². The number of rotatable bonds is 4. The standard InChI is InChI=1S/C11H20N4/c1-8(2)11(4,7-12)15-10-9(3)13-5-6-14-10/h5-6,8H,7,12H2,1-4H3,(H,14,15). The highest BCUT2D eigenvalue weighted by Crippen LogP contribution is 2.21. The molecule has 0 saturated heterocycles. The molecule has 84 valence electrons. The third-order valence-electron chi connectivity index (χ3n) is 2.98. The Labute approximate surface area is 91.3 Å². The molecule has 4 heteroatoms. The van der Waals surface area contributed by atoms with Crippen LogP contribution in [0.3, 0.4) is 0 Å². The molecule has 0 saturated carbocycles. The van der Waals surface area contributed by atoms with Crippen molar-refractivity contribution in [2.75, 3.05) is 11.9 Å². The van der Waals surface area contributed by atoms with Crippen LogP contribution in [0.2, 0.25) is 0 Å². The van der Waals surface area contributed by atoms with Gasteiger partial charge < -0.3 is 11.1 Å². The second-order valence-electron chi connectivity index (χ2n) is 4.39. The molecule has 1 heterocycles. The van der Waals surface area contributed by atoms with E-state index in [-0.39, 0.29) is 5.54 Å². The molecular formula is C11H20N4. The summed E-state index contributed by atoms with van der Waals surface area (Å²) in [6.45, 7) is 8.90. The number of hydrogen-bond donors (Lipinski definition) is 2. The molecule has 0 radical (unpaired) electrons. The minimum Gasteiger partial charge on any atom is -0.362 e.